The maximum absolute atomic E-state index is 12.6. The van der Waals surface area contributed by atoms with Crippen LogP contribution in [0.5, 0.6) is 0 Å². The van der Waals surface area contributed by atoms with E-state index in [4.69, 9.17) is 0 Å². The van der Waals surface area contributed by atoms with Crippen molar-refractivity contribution in [3.05, 3.63) is 23.3 Å². The first kappa shape index (κ1) is 15.4. The second-order valence-corrected chi connectivity index (χ2v) is 6.38. The molecular formula is C16H24N4O2. The topological polar surface area (TPSA) is 69.6 Å². The van der Waals surface area contributed by atoms with Crippen LogP contribution in [0.25, 0.3) is 0 Å². The first-order valence-electron chi connectivity index (χ1n) is 8.08. The number of likely N-dealkylation sites (tertiary alicyclic amines) is 2. The molecule has 2 fully saturated rings. The third-order valence-electron chi connectivity index (χ3n) is 4.59. The van der Waals surface area contributed by atoms with Crippen LogP contribution < -0.4 is 0 Å². The van der Waals surface area contributed by atoms with Crippen molar-refractivity contribution in [2.24, 2.45) is 0 Å². The Morgan fingerprint density at radius 2 is 1.91 bits per heavy atom. The van der Waals surface area contributed by atoms with E-state index < -0.39 is 6.10 Å². The molecule has 0 bridgehead atoms. The Morgan fingerprint density at radius 1 is 1.18 bits per heavy atom. The van der Waals surface area contributed by atoms with Gasteiger partial charge in [0.05, 0.1) is 12.1 Å². The quantitative estimate of drug-likeness (QED) is 0.874. The number of piperidine rings is 1. The Bertz CT molecular complexity index is 537. The Morgan fingerprint density at radius 3 is 2.59 bits per heavy atom. The van der Waals surface area contributed by atoms with Crippen molar-refractivity contribution in [3.63, 3.8) is 0 Å². The van der Waals surface area contributed by atoms with Crippen LogP contribution in [0.15, 0.2) is 6.07 Å². The van der Waals surface area contributed by atoms with Crippen molar-refractivity contribution >= 4 is 5.91 Å². The number of rotatable bonds is 2. The second kappa shape index (κ2) is 6.30. The van der Waals surface area contributed by atoms with E-state index in [1.54, 1.807) is 17.9 Å². The van der Waals surface area contributed by atoms with Gasteiger partial charge in [0.2, 0.25) is 0 Å². The summed E-state index contributed by atoms with van der Waals surface area (Å²) in [6, 6.07) is 1.78. The van der Waals surface area contributed by atoms with Gasteiger partial charge in [0.25, 0.3) is 5.91 Å². The van der Waals surface area contributed by atoms with Crippen LogP contribution in [0, 0.1) is 13.8 Å². The lowest BCUT2D eigenvalue weighted by Gasteiger charge is -2.33. The highest BCUT2D eigenvalue weighted by Crippen LogP contribution is 2.22. The number of carbonyl (C=O) groups excluding carboxylic acids is 1. The molecule has 2 aliphatic heterocycles. The Labute approximate surface area is 131 Å². The van der Waals surface area contributed by atoms with Crippen molar-refractivity contribution < 1.29 is 9.90 Å². The van der Waals surface area contributed by atoms with Gasteiger partial charge < -0.3 is 10.0 Å². The number of amides is 1. The Balaban J connectivity index is 1.71. The van der Waals surface area contributed by atoms with Crippen LogP contribution >= 0.6 is 0 Å². The molecule has 1 aromatic heterocycles. The molecule has 6 nitrogen and oxygen atoms in total. The maximum atomic E-state index is 12.6. The van der Waals surface area contributed by atoms with Crippen LogP contribution in [-0.4, -0.2) is 69.1 Å². The van der Waals surface area contributed by atoms with E-state index in [9.17, 15) is 9.90 Å². The number of carbonyl (C=O) groups is 1. The summed E-state index contributed by atoms with van der Waals surface area (Å²) in [5.74, 6) is 0.503. The number of aromatic nitrogens is 2. The summed E-state index contributed by atoms with van der Waals surface area (Å²) in [7, 11) is 0. The number of hydrogen-bond donors (Lipinski definition) is 1. The zero-order chi connectivity index (χ0) is 15.7. The molecule has 0 aromatic carbocycles. The van der Waals surface area contributed by atoms with Gasteiger partial charge in [0.1, 0.15) is 11.5 Å². The van der Waals surface area contributed by atoms with Crippen LogP contribution in [0.3, 0.4) is 0 Å². The van der Waals surface area contributed by atoms with Gasteiger partial charge >= 0.3 is 0 Å². The van der Waals surface area contributed by atoms with Gasteiger partial charge in [-0.25, -0.2) is 9.97 Å². The second-order valence-electron chi connectivity index (χ2n) is 6.38. The largest absolute Gasteiger partial charge is 0.390 e. The summed E-state index contributed by atoms with van der Waals surface area (Å²) in [5, 5.41) is 10.3. The molecule has 3 rings (SSSR count). The van der Waals surface area contributed by atoms with Gasteiger partial charge in [-0.3, -0.25) is 9.69 Å². The molecule has 1 N–H and O–H groups in total. The number of β-amino-alcohol motifs (C(OH)–C–C–N with tert-alkyl or cyclic N) is 1. The van der Waals surface area contributed by atoms with Gasteiger partial charge in [-0.1, -0.05) is 6.42 Å². The molecule has 6 heteroatoms. The minimum absolute atomic E-state index is 0.0632. The fraction of sp³-hybridized carbons (Fsp3) is 0.688. The van der Waals surface area contributed by atoms with Crippen molar-refractivity contribution in [1.29, 1.82) is 0 Å². The van der Waals surface area contributed by atoms with E-state index in [-0.39, 0.29) is 11.9 Å². The zero-order valence-electron chi connectivity index (χ0n) is 13.3. The van der Waals surface area contributed by atoms with Crippen molar-refractivity contribution in [2.45, 2.75) is 45.3 Å². The normalized spacial score (nSPS) is 26.4. The summed E-state index contributed by atoms with van der Waals surface area (Å²) >= 11 is 0. The van der Waals surface area contributed by atoms with Crippen LogP contribution in [0.1, 0.15) is 41.3 Å². The molecule has 0 saturated carbocycles. The minimum Gasteiger partial charge on any atom is -0.390 e. The number of hydrogen-bond acceptors (Lipinski definition) is 5. The van der Waals surface area contributed by atoms with E-state index in [0.29, 0.717) is 24.6 Å². The average molecular weight is 304 g/mol. The molecule has 1 amide bonds. The number of aliphatic hydroxyl groups is 1. The lowest BCUT2D eigenvalue weighted by Crippen LogP contribution is -2.46. The van der Waals surface area contributed by atoms with Gasteiger partial charge in [-0.2, -0.15) is 0 Å². The van der Waals surface area contributed by atoms with Crippen molar-refractivity contribution in [2.75, 3.05) is 26.2 Å². The van der Waals surface area contributed by atoms with E-state index in [1.807, 2.05) is 6.92 Å². The molecule has 3 heterocycles. The molecule has 0 spiro atoms. The number of aliphatic hydroxyl groups excluding tert-OH is 1. The van der Waals surface area contributed by atoms with Crippen molar-refractivity contribution in [1.82, 2.24) is 19.8 Å². The summed E-state index contributed by atoms with van der Waals surface area (Å²) in [6.07, 6.45) is 3.16. The molecule has 2 unspecified atom stereocenters. The summed E-state index contributed by atoms with van der Waals surface area (Å²) in [6.45, 7) is 6.68. The lowest BCUT2D eigenvalue weighted by molar-refractivity contribution is 0.0702. The molecule has 120 valence electrons. The van der Waals surface area contributed by atoms with Crippen LogP contribution in [-0.2, 0) is 0 Å². The molecule has 2 saturated heterocycles. The third-order valence-corrected chi connectivity index (χ3v) is 4.59. The fourth-order valence-electron chi connectivity index (χ4n) is 3.53. The predicted octanol–water partition coefficient (Wildman–Crippen LogP) is 0.765. The molecule has 2 aliphatic rings. The Hall–Kier alpha value is -1.53. The van der Waals surface area contributed by atoms with Gasteiger partial charge in [0.15, 0.2) is 0 Å². The Kier molecular flexibility index (Phi) is 4.40. The highest BCUT2D eigenvalue weighted by atomic mass is 16.3. The van der Waals surface area contributed by atoms with E-state index in [2.05, 4.69) is 14.9 Å². The molecule has 0 aliphatic carbocycles. The summed E-state index contributed by atoms with van der Waals surface area (Å²) in [5.41, 5.74) is 1.22. The fourth-order valence-corrected chi connectivity index (χ4v) is 3.53. The molecule has 1 aromatic rings. The predicted molar refractivity (Wildman–Crippen MR) is 82.6 cm³/mol. The lowest BCUT2D eigenvalue weighted by atomic mass is 10.1. The minimum atomic E-state index is -0.467. The average Bonchev–Trinajstić information content (AvgIpc) is 2.88. The SMILES string of the molecule is Cc1cc(C(=O)N2CC(O)C(N3CCCCC3)C2)nc(C)n1. The van der Waals surface area contributed by atoms with E-state index in [1.165, 1.54) is 19.3 Å². The first-order chi connectivity index (χ1) is 10.5. The van der Waals surface area contributed by atoms with Gasteiger partial charge in [-0.05, 0) is 45.8 Å². The van der Waals surface area contributed by atoms with Crippen LogP contribution in [0.2, 0.25) is 0 Å². The van der Waals surface area contributed by atoms with Crippen LogP contribution in [0.4, 0.5) is 0 Å². The zero-order valence-corrected chi connectivity index (χ0v) is 13.3. The maximum Gasteiger partial charge on any atom is 0.272 e. The summed E-state index contributed by atoms with van der Waals surface area (Å²) in [4.78, 5) is 25.1. The molecule has 0 radical (unpaired) electrons. The highest BCUT2D eigenvalue weighted by molar-refractivity contribution is 5.92. The van der Waals surface area contributed by atoms with Gasteiger partial charge in [0, 0.05) is 18.8 Å². The highest BCUT2D eigenvalue weighted by Gasteiger charge is 2.38. The number of aryl methyl sites for hydroxylation is 2. The standard InChI is InChI=1S/C16H24N4O2/c1-11-8-13(18-12(2)17-11)16(22)20-9-14(15(21)10-20)19-6-4-3-5-7-19/h8,14-15,21H,3-7,9-10H2,1-2H3. The van der Waals surface area contributed by atoms with Gasteiger partial charge in [-0.15, -0.1) is 0 Å². The van der Waals surface area contributed by atoms with E-state index >= 15 is 0 Å². The van der Waals surface area contributed by atoms with Crippen molar-refractivity contribution in [3.8, 4) is 0 Å². The summed E-state index contributed by atoms with van der Waals surface area (Å²) < 4.78 is 0. The molecule has 22 heavy (non-hydrogen) atoms. The monoisotopic (exact) mass is 304 g/mol. The number of nitrogens with zero attached hydrogens (tertiary/aromatic N) is 4. The first-order valence-corrected chi connectivity index (χ1v) is 8.08. The third kappa shape index (κ3) is 3.13. The smallest absolute Gasteiger partial charge is 0.272 e. The molecule has 2 atom stereocenters. The molecular weight excluding hydrogens is 280 g/mol. The van der Waals surface area contributed by atoms with E-state index in [0.717, 1.165) is 18.8 Å².